The van der Waals surface area contributed by atoms with E-state index in [1.54, 1.807) is 0 Å². The van der Waals surface area contributed by atoms with E-state index in [0.717, 1.165) is 13.0 Å². The quantitative estimate of drug-likeness (QED) is 0.826. The van der Waals surface area contributed by atoms with E-state index in [1.165, 1.54) is 5.56 Å². The van der Waals surface area contributed by atoms with Crippen LogP contribution in [-0.2, 0) is 0 Å². The Morgan fingerprint density at radius 1 is 1.29 bits per heavy atom. The second kappa shape index (κ2) is 5.34. The SMILES string of the molecule is CC(CCNc1nnc(N)o1)c1ccccc1. The van der Waals surface area contributed by atoms with Crippen molar-refractivity contribution in [1.29, 1.82) is 0 Å². The van der Waals surface area contributed by atoms with Crippen LogP contribution in [0.15, 0.2) is 34.7 Å². The van der Waals surface area contributed by atoms with Crippen molar-refractivity contribution in [2.75, 3.05) is 17.6 Å². The smallest absolute Gasteiger partial charge is 0.316 e. The Morgan fingerprint density at radius 2 is 2.06 bits per heavy atom. The van der Waals surface area contributed by atoms with Crippen LogP contribution in [0.3, 0.4) is 0 Å². The molecule has 1 unspecified atom stereocenters. The van der Waals surface area contributed by atoms with E-state index < -0.39 is 0 Å². The molecule has 5 nitrogen and oxygen atoms in total. The van der Waals surface area contributed by atoms with Gasteiger partial charge in [-0.15, -0.1) is 0 Å². The molecule has 0 spiro atoms. The van der Waals surface area contributed by atoms with Crippen molar-refractivity contribution in [3.63, 3.8) is 0 Å². The second-order valence-corrected chi connectivity index (χ2v) is 3.97. The standard InChI is InChI=1S/C12H16N4O/c1-9(10-5-3-2-4-6-10)7-8-14-12-16-15-11(13)17-12/h2-6,9H,7-8H2,1H3,(H2,13,15)(H,14,16). The van der Waals surface area contributed by atoms with Crippen molar-refractivity contribution < 1.29 is 4.42 Å². The van der Waals surface area contributed by atoms with Crippen LogP contribution in [0, 0.1) is 0 Å². The van der Waals surface area contributed by atoms with Gasteiger partial charge in [-0.2, -0.15) is 0 Å². The Balaban J connectivity index is 1.79. The van der Waals surface area contributed by atoms with Crippen LogP contribution in [0.1, 0.15) is 24.8 Å². The monoisotopic (exact) mass is 232 g/mol. The summed E-state index contributed by atoms with van der Waals surface area (Å²) in [5.74, 6) is 0.490. The van der Waals surface area contributed by atoms with Gasteiger partial charge in [0.25, 0.3) is 0 Å². The molecule has 1 aromatic carbocycles. The van der Waals surface area contributed by atoms with Crippen molar-refractivity contribution >= 4 is 12.0 Å². The Kier molecular flexibility index (Phi) is 3.59. The Hall–Kier alpha value is -2.04. The lowest BCUT2D eigenvalue weighted by molar-refractivity contribution is 0.581. The molecule has 3 N–H and O–H groups in total. The maximum absolute atomic E-state index is 5.32. The largest absolute Gasteiger partial charge is 0.390 e. The van der Waals surface area contributed by atoms with E-state index in [2.05, 4.69) is 46.7 Å². The molecule has 0 aliphatic carbocycles. The molecule has 0 aliphatic heterocycles. The second-order valence-electron chi connectivity index (χ2n) is 3.97. The first kappa shape index (κ1) is 11.4. The van der Waals surface area contributed by atoms with Crippen molar-refractivity contribution in [2.45, 2.75) is 19.3 Å². The minimum Gasteiger partial charge on any atom is -0.390 e. The molecule has 1 atom stereocenters. The van der Waals surface area contributed by atoms with Gasteiger partial charge in [-0.1, -0.05) is 47.5 Å². The molecule has 17 heavy (non-hydrogen) atoms. The average molecular weight is 232 g/mol. The number of benzene rings is 1. The third-order valence-electron chi connectivity index (χ3n) is 2.66. The molecule has 5 heteroatoms. The normalized spacial score (nSPS) is 12.3. The summed E-state index contributed by atoms with van der Waals surface area (Å²) in [7, 11) is 0. The highest BCUT2D eigenvalue weighted by molar-refractivity contribution is 5.23. The minimum atomic E-state index is 0.0867. The third-order valence-corrected chi connectivity index (χ3v) is 2.66. The molecule has 2 rings (SSSR count). The van der Waals surface area contributed by atoms with Gasteiger partial charge in [-0.3, -0.25) is 0 Å². The fourth-order valence-electron chi connectivity index (χ4n) is 1.65. The van der Waals surface area contributed by atoms with Crippen LogP contribution in [0.4, 0.5) is 12.0 Å². The molecular weight excluding hydrogens is 216 g/mol. The van der Waals surface area contributed by atoms with Crippen molar-refractivity contribution in [3.05, 3.63) is 35.9 Å². The van der Waals surface area contributed by atoms with Gasteiger partial charge in [-0.05, 0) is 17.9 Å². The van der Waals surface area contributed by atoms with E-state index in [1.807, 2.05) is 6.07 Å². The number of nitrogens with two attached hydrogens (primary N) is 1. The summed E-state index contributed by atoms with van der Waals surface area (Å²) in [6.45, 7) is 2.97. The van der Waals surface area contributed by atoms with Gasteiger partial charge in [0.1, 0.15) is 0 Å². The summed E-state index contributed by atoms with van der Waals surface area (Å²) in [5.41, 5.74) is 6.65. The molecule has 0 fully saturated rings. The van der Waals surface area contributed by atoms with E-state index in [0.29, 0.717) is 11.9 Å². The molecule has 0 saturated heterocycles. The number of nitrogens with zero attached hydrogens (tertiary/aromatic N) is 2. The van der Waals surface area contributed by atoms with E-state index in [4.69, 9.17) is 10.2 Å². The first-order valence-electron chi connectivity index (χ1n) is 5.63. The number of nitrogens with one attached hydrogen (secondary N) is 1. The van der Waals surface area contributed by atoms with Crippen LogP contribution < -0.4 is 11.1 Å². The number of anilines is 2. The van der Waals surface area contributed by atoms with Crippen LogP contribution in [0.25, 0.3) is 0 Å². The van der Waals surface area contributed by atoms with Gasteiger partial charge in [-0.25, -0.2) is 0 Å². The highest BCUT2D eigenvalue weighted by Crippen LogP contribution is 2.18. The predicted molar refractivity (Wildman–Crippen MR) is 66.7 cm³/mol. The summed E-state index contributed by atoms with van der Waals surface area (Å²) < 4.78 is 5.02. The number of aromatic nitrogens is 2. The fraction of sp³-hybridized carbons (Fsp3) is 0.333. The molecule has 1 aromatic heterocycles. The van der Waals surface area contributed by atoms with Crippen LogP contribution in [0.5, 0.6) is 0 Å². The van der Waals surface area contributed by atoms with E-state index in [-0.39, 0.29) is 6.01 Å². The molecule has 2 aromatic rings. The molecule has 0 amide bonds. The Morgan fingerprint density at radius 3 is 2.71 bits per heavy atom. The number of rotatable bonds is 5. The highest BCUT2D eigenvalue weighted by atomic mass is 16.4. The molecule has 1 heterocycles. The molecule has 0 bridgehead atoms. The number of nitrogen functional groups attached to an aromatic ring is 1. The third kappa shape index (κ3) is 3.21. The zero-order valence-corrected chi connectivity index (χ0v) is 9.76. The maximum Gasteiger partial charge on any atom is 0.316 e. The van der Waals surface area contributed by atoms with Crippen LogP contribution in [-0.4, -0.2) is 16.7 Å². The van der Waals surface area contributed by atoms with Gasteiger partial charge in [0.2, 0.25) is 0 Å². The van der Waals surface area contributed by atoms with Gasteiger partial charge in [0.05, 0.1) is 0 Å². The molecule has 0 saturated carbocycles. The van der Waals surface area contributed by atoms with Gasteiger partial charge < -0.3 is 15.5 Å². The molecule has 0 aliphatic rings. The van der Waals surface area contributed by atoms with Gasteiger partial charge in [0.15, 0.2) is 0 Å². The lowest BCUT2D eigenvalue weighted by Gasteiger charge is -2.11. The van der Waals surface area contributed by atoms with Crippen molar-refractivity contribution in [3.8, 4) is 0 Å². The van der Waals surface area contributed by atoms with Crippen molar-refractivity contribution in [1.82, 2.24) is 10.2 Å². The summed E-state index contributed by atoms with van der Waals surface area (Å²) in [5, 5.41) is 10.3. The van der Waals surface area contributed by atoms with Crippen LogP contribution >= 0.6 is 0 Å². The zero-order chi connectivity index (χ0) is 12.1. The van der Waals surface area contributed by atoms with Crippen molar-refractivity contribution in [2.24, 2.45) is 0 Å². The average Bonchev–Trinajstić information content (AvgIpc) is 2.76. The maximum atomic E-state index is 5.32. The molecule has 90 valence electrons. The fourth-order valence-corrected chi connectivity index (χ4v) is 1.65. The summed E-state index contributed by atoms with van der Waals surface area (Å²) in [6.07, 6.45) is 0.992. The lowest BCUT2D eigenvalue weighted by atomic mass is 9.98. The molecular formula is C12H16N4O. The summed E-state index contributed by atoms with van der Waals surface area (Å²) >= 11 is 0. The van der Waals surface area contributed by atoms with Gasteiger partial charge in [0, 0.05) is 6.54 Å². The lowest BCUT2D eigenvalue weighted by Crippen LogP contribution is -2.06. The summed E-state index contributed by atoms with van der Waals surface area (Å²) in [6, 6.07) is 10.9. The van der Waals surface area contributed by atoms with Gasteiger partial charge >= 0.3 is 12.0 Å². The zero-order valence-electron chi connectivity index (χ0n) is 9.76. The first-order chi connectivity index (χ1) is 8.25. The summed E-state index contributed by atoms with van der Waals surface area (Å²) in [4.78, 5) is 0. The van der Waals surface area contributed by atoms with Crippen LogP contribution in [0.2, 0.25) is 0 Å². The number of hydrogen-bond acceptors (Lipinski definition) is 5. The van der Waals surface area contributed by atoms with E-state index in [9.17, 15) is 0 Å². The number of hydrogen-bond donors (Lipinski definition) is 2. The predicted octanol–water partition coefficient (Wildman–Crippen LogP) is 2.26. The molecule has 0 radical (unpaired) electrons. The van der Waals surface area contributed by atoms with E-state index >= 15 is 0 Å². The highest BCUT2D eigenvalue weighted by Gasteiger charge is 2.06. The Bertz CT molecular complexity index is 455. The Labute approximate surface area is 100 Å². The minimum absolute atomic E-state index is 0.0867. The first-order valence-corrected chi connectivity index (χ1v) is 5.63. The topological polar surface area (TPSA) is 77.0 Å².